The van der Waals surface area contributed by atoms with Crippen LogP contribution in [-0.4, -0.2) is 15.0 Å². The highest BCUT2D eigenvalue weighted by atomic mass is 35.5. The molecule has 2 atom stereocenters. The van der Waals surface area contributed by atoms with Gasteiger partial charge in [-0.1, -0.05) is 29.4 Å². The predicted molar refractivity (Wildman–Crippen MR) is 141 cm³/mol. The van der Waals surface area contributed by atoms with Crippen molar-refractivity contribution in [3.63, 3.8) is 0 Å². The van der Waals surface area contributed by atoms with Crippen LogP contribution in [0.4, 0.5) is 11.4 Å². The molecule has 2 aromatic carbocycles. The maximum atomic E-state index is 10.9. The van der Waals surface area contributed by atoms with Crippen LogP contribution in [0.1, 0.15) is 22.7 Å². The highest BCUT2D eigenvalue weighted by Crippen LogP contribution is 2.44. The van der Waals surface area contributed by atoms with Gasteiger partial charge in [-0.15, -0.1) is 11.3 Å². The number of hydrogen-bond donors (Lipinski definition) is 1. The molecule has 4 aromatic rings. The van der Waals surface area contributed by atoms with Gasteiger partial charge in [-0.25, -0.2) is 0 Å². The number of hydrogen-bond acceptors (Lipinski definition) is 6. The fourth-order valence-corrected chi connectivity index (χ4v) is 6.21. The number of thiocarbonyl (C=S) groups is 1. The summed E-state index contributed by atoms with van der Waals surface area (Å²) in [5.74, 6) is 0. The predicted octanol–water partition coefficient (Wildman–Crippen LogP) is 7.03. The number of halogens is 1. The number of nitrogens with one attached hydrogen (secondary N) is 1. The van der Waals surface area contributed by atoms with Gasteiger partial charge in [0.05, 0.1) is 27.0 Å². The average Bonchev–Trinajstić information content (AvgIpc) is 3.43. The average molecular weight is 525 g/mol. The molecule has 10 heteroatoms. The Morgan fingerprint density at radius 2 is 1.74 bits per heavy atom. The molecule has 6 nitrogen and oxygen atoms in total. The zero-order valence-corrected chi connectivity index (χ0v) is 20.7. The van der Waals surface area contributed by atoms with Crippen LogP contribution in [0.2, 0.25) is 4.34 Å². The van der Waals surface area contributed by atoms with Crippen LogP contribution in [0.3, 0.4) is 0 Å². The number of non-ortho nitro benzene ring substituents is 1. The van der Waals surface area contributed by atoms with Crippen molar-refractivity contribution in [2.45, 2.75) is 21.9 Å². The topological polar surface area (TPSA) is 71.3 Å². The molecular formula is C24H17ClN4O2S3. The lowest BCUT2D eigenvalue weighted by Gasteiger charge is -2.27. The summed E-state index contributed by atoms with van der Waals surface area (Å²) in [6, 6.07) is 24.2. The summed E-state index contributed by atoms with van der Waals surface area (Å²) in [4.78, 5) is 20.2. The van der Waals surface area contributed by atoms with Gasteiger partial charge in [0.1, 0.15) is 0 Å². The van der Waals surface area contributed by atoms with Crippen LogP contribution in [0.15, 0.2) is 94.9 Å². The van der Waals surface area contributed by atoms with Crippen LogP contribution in [0.25, 0.3) is 0 Å². The van der Waals surface area contributed by atoms with Crippen LogP contribution in [0, 0.1) is 10.1 Å². The lowest BCUT2D eigenvalue weighted by Crippen LogP contribution is -2.29. The Morgan fingerprint density at radius 3 is 2.32 bits per heavy atom. The summed E-state index contributed by atoms with van der Waals surface area (Å²) in [5, 5.41) is 14.9. The highest BCUT2D eigenvalue weighted by Gasteiger charge is 2.41. The van der Waals surface area contributed by atoms with Crippen molar-refractivity contribution >= 4 is 63.4 Å². The van der Waals surface area contributed by atoms with Crippen molar-refractivity contribution in [3.8, 4) is 0 Å². The number of pyridine rings is 1. The molecule has 1 N–H and O–H groups in total. The number of thiophene rings is 1. The molecule has 2 aromatic heterocycles. The van der Waals surface area contributed by atoms with Crippen LogP contribution in [-0.2, 0) is 0 Å². The molecule has 0 saturated carbocycles. The van der Waals surface area contributed by atoms with E-state index in [0.29, 0.717) is 5.11 Å². The van der Waals surface area contributed by atoms with E-state index in [0.717, 1.165) is 30.4 Å². The first-order valence-electron chi connectivity index (χ1n) is 10.3. The van der Waals surface area contributed by atoms with E-state index in [4.69, 9.17) is 23.8 Å². The molecular weight excluding hydrogens is 508 g/mol. The van der Waals surface area contributed by atoms with E-state index in [9.17, 15) is 10.1 Å². The molecule has 0 amide bonds. The van der Waals surface area contributed by atoms with Gasteiger partial charge >= 0.3 is 0 Å². The van der Waals surface area contributed by atoms with Gasteiger partial charge in [0.25, 0.3) is 5.69 Å². The normalized spacial score (nSPS) is 17.6. The third-order valence-electron chi connectivity index (χ3n) is 5.38. The third kappa shape index (κ3) is 4.65. The number of anilines is 1. The number of benzene rings is 2. The molecule has 1 fully saturated rings. The standard InChI is InChI=1S/C24H17ClN4O2S3/c25-21-13-12-20(34-21)23-22(19-3-1-2-14-26-19)27-24(32)28(23)15-4-8-17(9-5-15)33-18-10-6-16(7-11-18)29(30)31/h1-14,22-23H,(H,27,32)/t22-,23-/m1/s1. The van der Waals surface area contributed by atoms with Gasteiger partial charge in [0.2, 0.25) is 0 Å². The van der Waals surface area contributed by atoms with E-state index < -0.39 is 4.92 Å². The zero-order valence-electron chi connectivity index (χ0n) is 17.5. The van der Waals surface area contributed by atoms with E-state index in [1.165, 1.54) is 23.5 Å². The van der Waals surface area contributed by atoms with Gasteiger partial charge in [-0.3, -0.25) is 15.1 Å². The number of aromatic nitrogens is 1. The molecule has 0 bridgehead atoms. The second-order valence-corrected chi connectivity index (χ2v) is 10.8. The number of nitro benzene ring substituents is 1. The maximum Gasteiger partial charge on any atom is 0.269 e. The summed E-state index contributed by atoms with van der Waals surface area (Å²) >= 11 is 15.1. The number of nitrogens with zero attached hydrogens (tertiary/aromatic N) is 3. The van der Waals surface area contributed by atoms with Crippen molar-refractivity contribution in [2.24, 2.45) is 0 Å². The minimum atomic E-state index is -0.397. The molecule has 0 spiro atoms. The van der Waals surface area contributed by atoms with Gasteiger partial charge in [-0.2, -0.15) is 0 Å². The Bertz CT molecular complexity index is 1330. The molecule has 1 aliphatic heterocycles. The number of nitro groups is 1. The molecule has 0 aliphatic carbocycles. The summed E-state index contributed by atoms with van der Waals surface area (Å²) in [7, 11) is 0. The molecule has 3 heterocycles. The monoisotopic (exact) mass is 524 g/mol. The fourth-order valence-electron chi connectivity index (χ4n) is 3.86. The minimum absolute atomic E-state index is 0.0805. The summed E-state index contributed by atoms with van der Waals surface area (Å²) in [5.41, 5.74) is 1.95. The third-order valence-corrected chi connectivity index (χ3v) is 8.01. The van der Waals surface area contributed by atoms with Crippen LogP contribution in [0.5, 0.6) is 0 Å². The smallest absolute Gasteiger partial charge is 0.269 e. The molecule has 1 saturated heterocycles. The lowest BCUT2D eigenvalue weighted by atomic mass is 10.0. The summed E-state index contributed by atoms with van der Waals surface area (Å²) < 4.78 is 0.724. The summed E-state index contributed by atoms with van der Waals surface area (Å²) in [6.07, 6.45) is 1.78. The zero-order chi connectivity index (χ0) is 23.7. The van der Waals surface area contributed by atoms with Crippen LogP contribution < -0.4 is 10.2 Å². The van der Waals surface area contributed by atoms with Gasteiger partial charge in [0.15, 0.2) is 5.11 Å². The largest absolute Gasteiger partial charge is 0.351 e. The van der Waals surface area contributed by atoms with Gasteiger partial charge in [-0.05, 0) is 72.9 Å². The minimum Gasteiger partial charge on any atom is -0.351 e. The Balaban J connectivity index is 1.43. The Kier molecular flexibility index (Phi) is 6.51. The van der Waals surface area contributed by atoms with Crippen molar-refractivity contribution in [3.05, 3.63) is 110 Å². The fraction of sp³-hybridized carbons (Fsp3) is 0.0833. The Morgan fingerprint density at radius 1 is 1.03 bits per heavy atom. The molecule has 5 rings (SSSR count). The first-order valence-corrected chi connectivity index (χ1v) is 12.7. The lowest BCUT2D eigenvalue weighted by molar-refractivity contribution is -0.384. The first kappa shape index (κ1) is 22.8. The Hall–Kier alpha value is -2.98. The van der Waals surface area contributed by atoms with Gasteiger partial charge in [0, 0.05) is 38.7 Å². The molecule has 1 aliphatic rings. The van der Waals surface area contributed by atoms with E-state index in [-0.39, 0.29) is 17.8 Å². The first-order chi connectivity index (χ1) is 16.5. The molecule has 0 unspecified atom stereocenters. The molecule has 34 heavy (non-hydrogen) atoms. The van der Waals surface area contributed by atoms with Gasteiger partial charge < -0.3 is 10.2 Å². The van der Waals surface area contributed by atoms with E-state index >= 15 is 0 Å². The number of rotatable bonds is 6. The van der Waals surface area contributed by atoms with Crippen LogP contribution >= 0.6 is 46.9 Å². The van der Waals surface area contributed by atoms with E-state index in [1.807, 2.05) is 54.6 Å². The molecule has 170 valence electrons. The van der Waals surface area contributed by atoms with Crippen molar-refractivity contribution in [1.29, 1.82) is 0 Å². The van der Waals surface area contributed by atoms with Crippen molar-refractivity contribution < 1.29 is 4.92 Å². The SMILES string of the molecule is O=[N+]([O-])c1ccc(Sc2ccc(N3C(=S)N[C@H](c4ccccn4)[C@H]3c3ccc(Cl)s3)cc2)cc1. The van der Waals surface area contributed by atoms with E-state index in [2.05, 4.69) is 15.2 Å². The second kappa shape index (κ2) is 9.71. The van der Waals surface area contributed by atoms with E-state index in [1.54, 1.807) is 30.1 Å². The van der Waals surface area contributed by atoms with Crippen molar-refractivity contribution in [1.82, 2.24) is 10.3 Å². The molecule has 0 radical (unpaired) electrons. The Labute approximate surface area is 214 Å². The second-order valence-electron chi connectivity index (χ2n) is 7.49. The summed E-state index contributed by atoms with van der Waals surface area (Å²) in [6.45, 7) is 0. The maximum absolute atomic E-state index is 10.9. The highest BCUT2D eigenvalue weighted by molar-refractivity contribution is 7.99. The van der Waals surface area contributed by atoms with Crippen molar-refractivity contribution in [2.75, 3.05) is 4.90 Å². The quantitative estimate of drug-likeness (QED) is 0.165.